The molecular formula is C14H18N2O3. The Morgan fingerprint density at radius 2 is 2.00 bits per heavy atom. The van der Waals surface area contributed by atoms with Crippen LogP contribution in [-0.4, -0.2) is 31.3 Å². The van der Waals surface area contributed by atoms with E-state index < -0.39 is 0 Å². The van der Waals surface area contributed by atoms with Crippen LogP contribution in [0.2, 0.25) is 0 Å². The van der Waals surface area contributed by atoms with Crippen molar-refractivity contribution in [2.75, 3.05) is 19.9 Å². The van der Waals surface area contributed by atoms with Crippen LogP contribution in [-0.2, 0) is 0 Å². The zero-order valence-corrected chi connectivity index (χ0v) is 11.0. The summed E-state index contributed by atoms with van der Waals surface area (Å²) in [5.74, 6) is 1.29. The first-order valence-corrected chi connectivity index (χ1v) is 6.59. The van der Waals surface area contributed by atoms with Crippen LogP contribution >= 0.6 is 0 Å². The second kappa shape index (κ2) is 4.74. The fourth-order valence-corrected chi connectivity index (χ4v) is 2.49. The maximum absolute atomic E-state index is 12.3. The summed E-state index contributed by atoms with van der Waals surface area (Å²) in [4.78, 5) is 12.3. The Bertz CT molecular complexity index is 495. The molecule has 0 bridgehead atoms. The Morgan fingerprint density at radius 1 is 1.26 bits per heavy atom. The molecule has 1 saturated heterocycles. The predicted octanol–water partition coefficient (Wildman–Crippen LogP) is 1.29. The molecule has 1 aromatic rings. The molecule has 102 valence electrons. The second-order valence-electron chi connectivity index (χ2n) is 5.33. The summed E-state index contributed by atoms with van der Waals surface area (Å²) in [6, 6.07) is 5.29. The average Bonchev–Trinajstić information content (AvgIpc) is 2.86. The molecule has 1 amide bonds. The number of benzene rings is 1. The van der Waals surface area contributed by atoms with Crippen LogP contribution in [0.25, 0.3) is 0 Å². The molecule has 2 aliphatic heterocycles. The molecule has 2 aliphatic rings. The van der Waals surface area contributed by atoms with Crippen LogP contribution in [0.1, 0.15) is 30.1 Å². The lowest BCUT2D eigenvalue weighted by Gasteiger charge is -2.35. The Hall–Kier alpha value is -1.75. The minimum Gasteiger partial charge on any atom is -0.454 e. The first-order chi connectivity index (χ1) is 9.16. The molecule has 2 heterocycles. The zero-order valence-electron chi connectivity index (χ0n) is 11.0. The van der Waals surface area contributed by atoms with Gasteiger partial charge in [0.1, 0.15) is 0 Å². The third-order valence-electron chi connectivity index (χ3n) is 3.76. The van der Waals surface area contributed by atoms with Crippen LogP contribution in [0.4, 0.5) is 0 Å². The smallest absolute Gasteiger partial charge is 0.251 e. The van der Waals surface area contributed by atoms with Gasteiger partial charge >= 0.3 is 0 Å². The molecule has 0 saturated carbocycles. The average molecular weight is 262 g/mol. The van der Waals surface area contributed by atoms with E-state index in [4.69, 9.17) is 9.47 Å². The lowest BCUT2D eigenvalue weighted by molar-refractivity contribution is 0.0887. The van der Waals surface area contributed by atoms with Gasteiger partial charge in [-0.2, -0.15) is 0 Å². The molecule has 3 rings (SSSR count). The predicted molar refractivity (Wildman–Crippen MR) is 70.5 cm³/mol. The Kier molecular flexibility index (Phi) is 3.06. The minimum absolute atomic E-state index is 0.0531. The van der Waals surface area contributed by atoms with E-state index in [2.05, 4.69) is 17.6 Å². The van der Waals surface area contributed by atoms with Gasteiger partial charge in [-0.1, -0.05) is 0 Å². The monoisotopic (exact) mass is 262 g/mol. The molecule has 5 heteroatoms. The summed E-state index contributed by atoms with van der Waals surface area (Å²) in [5, 5.41) is 6.43. The first kappa shape index (κ1) is 12.3. The molecule has 1 fully saturated rings. The number of carbonyl (C=O) groups is 1. The molecule has 0 atom stereocenters. The van der Waals surface area contributed by atoms with E-state index in [1.807, 2.05) is 0 Å². The number of nitrogens with one attached hydrogen (secondary N) is 2. The molecule has 0 aromatic heterocycles. The van der Waals surface area contributed by atoms with Gasteiger partial charge in [0.15, 0.2) is 11.5 Å². The van der Waals surface area contributed by atoms with Crippen LogP contribution in [0.15, 0.2) is 18.2 Å². The van der Waals surface area contributed by atoms with E-state index in [9.17, 15) is 4.79 Å². The minimum atomic E-state index is -0.126. The fraction of sp³-hybridized carbons (Fsp3) is 0.500. The summed E-state index contributed by atoms with van der Waals surface area (Å²) in [7, 11) is 0. The van der Waals surface area contributed by atoms with Crippen molar-refractivity contribution in [1.82, 2.24) is 10.6 Å². The summed E-state index contributed by atoms with van der Waals surface area (Å²) in [6.07, 6.45) is 1.90. The molecule has 1 aromatic carbocycles. The molecule has 0 radical (unpaired) electrons. The van der Waals surface area contributed by atoms with Gasteiger partial charge in [-0.25, -0.2) is 0 Å². The molecule has 19 heavy (non-hydrogen) atoms. The topological polar surface area (TPSA) is 59.6 Å². The van der Waals surface area contributed by atoms with E-state index >= 15 is 0 Å². The summed E-state index contributed by atoms with van der Waals surface area (Å²) in [6.45, 7) is 4.21. The van der Waals surface area contributed by atoms with E-state index in [1.165, 1.54) is 0 Å². The lowest BCUT2D eigenvalue weighted by atomic mass is 9.90. The Labute approximate surface area is 112 Å². The molecular weight excluding hydrogens is 244 g/mol. The number of ether oxygens (including phenoxy) is 2. The van der Waals surface area contributed by atoms with Gasteiger partial charge in [0.05, 0.1) is 0 Å². The summed E-state index contributed by atoms with van der Waals surface area (Å²) < 4.78 is 10.5. The van der Waals surface area contributed by atoms with Crippen molar-refractivity contribution in [3.63, 3.8) is 0 Å². The first-order valence-electron chi connectivity index (χ1n) is 6.59. The van der Waals surface area contributed by atoms with Gasteiger partial charge in [-0.15, -0.1) is 0 Å². The number of piperidine rings is 1. The van der Waals surface area contributed by atoms with Gasteiger partial charge in [-0.3, -0.25) is 4.79 Å². The quantitative estimate of drug-likeness (QED) is 0.843. The highest BCUT2D eigenvalue weighted by Gasteiger charge is 2.29. The molecule has 0 unspecified atom stereocenters. The third kappa shape index (κ3) is 2.51. The summed E-state index contributed by atoms with van der Waals surface area (Å²) >= 11 is 0. The van der Waals surface area contributed by atoms with Crippen LogP contribution < -0.4 is 20.1 Å². The molecule has 5 nitrogen and oxygen atoms in total. The Morgan fingerprint density at radius 3 is 2.79 bits per heavy atom. The highest BCUT2D eigenvalue weighted by Crippen LogP contribution is 2.32. The fourth-order valence-electron chi connectivity index (χ4n) is 2.49. The van der Waals surface area contributed by atoms with Crippen LogP contribution in [0, 0.1) is 0 Å². The largest absolute Gasteiger partial charge is 0.454 e. The van der Waals surface area contributed by atoms with Crippen molar-refractivity contribution in [3.8, 4) is 11.5 Å². The van der Waals surface area contributed by atoms with Gasteiger partial charge in [0, 0.05) is 11.1 Å². The normalized spacial score (nSPS) is 20.1. The second-order valence-corrected chi connectivity index (χ2v) is 5.33. The van der Waals surface area contributed by atoms with Crippen molar-refractivity contribution in [2.24, 2.45) is 0 Å². The maximum atomic E-state index is 12.3. The van der Waals surface area contributed by atoms with Gasteiger partial charge in [-0.05, 0) is 51.1 Å². The van der Waals surface area contributed by atoms with E-state index in [0.29, 0.717) is 17.1 Å². The number of hydrogen-bond acceptors (Lipinski definition) is 4. The number of rotatable bonds is 2. The van der Waals surface area contributed by atoms with Crippen molar-refractivity contribution in [2.45, 2.75) is 25.3 Å². The third-order valence-corrected chi connectivity index (χ3v) is 3.76. The van der Waals surface area contributed by atoms with E-state index in [0.717, 1.165) is 25.9 Å². The van der Waals surface area contributed by atoms with Gasteiger partial charge in [0.25, 0.3) is 5.91 Å². The van der Waals surface area contributed by atoms with Gasteiger partial charge in [0.2, 0.25) is 6.79 Å². The highest BCUT2D eigenvalue weighted by atomic mass is 16.7. The zero-order chi connectivity index (χ0) is 13.3. The number of amides is 1. The van der Waals surface area contributed by atoms with Crippen LogP contribution in [0.5, 0.6) is 11.5 Å². The lowest BCUT2D eigenvalue weighted by Crippen LogP contribution is -2.52. The summed E-state index contributed by atoms with van der Waals surface area (Å²) in [5.41, 5.74) is 0.489. The van der Waals surface area contributed by atoms with Crippen LogP contribution in [0.3, 0.4) is 0 Å². The van der Waals surface area contributed by atoms with E-state index in [-0.39, 0.29) is 18.2 Å². The standard InChI is InChI=1S/C14H18N2O3/c1-14(4-6-15-7-5-14)16-13(17)10-2-3-11-12(8-10)19-9-18-11/h2-3,8,15H,4-7,9H2,1H3,(H,16,17). The van der Waals surface area contributed by atoms with E-state index in [1.54, 1.807) is 18.2 Å². The highest BCUT2D eigenvalue weighted by molar-refractivity contribution is 5.95. The number of hydrogen-bond donors (Lipinski definition) is 2. The Balaban J connectivity index is 1.73. The number of fused-ring (bicyclic) bond motifs is 1. The number of carbonyl (C=O) groups excluding carboxylic acids is 1. The molecule has 0 spiro atoms. The van der Waals surface area contributed by atoms with Crippen molar-refractivity contribution < 1.29 is 14.3 Å². The van der Waals surface area contributed by atoms with Gasteiger partial charge < -0.3 is 20.1 Å². The molecule has 2 N–H and O–H groups in total. The van der Waals surface area contributed by atoms with Crippen molar-refractivity contribution >= 4 is 5.91 Å². The van der Waals surface area contributed by atoms with Crippen molar-refractivity contribution in [1.29, 1.82) is 0 Å². The maximum Gasteiger partial charge on any atom is 0.251 e. The van der Waals surface area contributed by atoms with Crippen molar-refractivity contribution in [3.05, 3.63) is 23.8 Å². The molecule has 0 aliphatic carbocycles. The SMILES string of the molecule is CC1(NC(=O)c2ccc3c(c2)OCO3)CCNCC1.